The van der Waals surface area contributed by atoms with Gasteiger partial charge < -0.3 is 14.6 Å². The first-order valence-electron chi connectivity index (χ1n) is 5.21. The van der Waals surface area contributed by atoms with Gasteiger partial charge in [0.25, 0.3) is 0 Å². The summed E-state index contributed by atoms with van der Waals surface area (Å²) >= 11 is 1.50. The largest absolute Gasteiger partial charge is 0.493 e. The van der Waals surface area contributed by atoms with Gasteiger partial charge in [0, 0.05) is 15.8 Å². The van der Waals surface area contributed by atoms with Crippen LogP contribution in [0.3, 0.4) is 0 Å². The molecule has 0 fully saturated rings. The molecule has 4 nitrogen and oxygen atoms in total. The summed E-state index contributed by atoms with van der Waals surface area (Å²) in [5.74, 6) is 0.506. The van der Waals surface area contributed by atoms with Crippen LogP contribution < -0.4 is 4.74 Å². The number of aryl methyl sites for hydroxylation is 1. The van der Waals surface area contributed by atoms with Crippen LogP contribution in [0, 0.1) is 12.3 Å². The standard InChI is InChI=1S/C11H17NO3S/c1-4-14-8-6-16-7(3)9(8)10(13)11(12)15-5-2/h6,10,12-13H,4-5H2,1-3H3. The fraction of sp³-hybridized carbons (Fsp3) is 0.545. The Balaban J connectivity index is 2.92. The van der Waals surface area contributed by atoms with Crippen LogP contribution in [0.2, 0.25) is 0 Å². The first-order valence-corrected chi connectivity index (χ1v) is 6.09. The molecule has 0 saturated carbocycles. The fourth-order valence-corrected chi connectivity index (χ4v) is 2.22. The highest BCUT2D eigenvalue weighted by atomic mass is 32.1. The number of rotatable bonds is 5. The van der Waals surface area contributed by atoms with Gasteiger partial charge in [0.2, 0.25) is 5.90 Å². The van der Waals surface area contributed by atoms with E-state index in [1.807, 2.05) is 19.2 Å². The summed E-state index contributed by atoms with van der Waals surface area (Å²) in [5, 5.41) is 19.4. The molecule has 5 heteroatoms. The van der Waals surface area contributed by atoms with Crippen LogP contribution in [0.1, 0.15) is 30.4 Å². The van der Waals surface area contributed by atoms with Crippen molar-refractivity contribution in [3.63, 3.8) is 0 Å². The number of aliphatic hydroxyl groups is 1. The monoisotopic (exact) mass is 243 g/mol. The van der Waals surface area contributed by atoms with Crippen molar-refractivity contribution in [1.29, 1.82) is 5.41 Å². The highest BCUT2D eigenvalue weighted by Crippen LogP contribution is 2.34. The second-order valence-corrected chi connectivity index (χ2v) is 4.29. The topological polar surface area (TPSA) is 62.5 Å². The van der Waals surface area contributed by atoms with Crippen molar-refractivity contribution in [2.24, 2.45) is 0 Å². The molecule has 2 N–H and O–H groups in total. The third-order valence-corrected chi connectivity index (χ3v) is 3.01. The number of ether oxygens (including phenoxy) is 2. The van der Waals surface area contributed by atoms with Crippen molar-refractivity contribution in [3.8, 4) is 5.75 Å². The van der Waals surface area contributed by atoms with Gasteiger partial charge in [-0.2, -0.15) is 0 Å². The van der Waals surface area contributed by atoms with Gasteiger partial charge in [-0.15, -0.1) is 11.3 Å². The van der Waals surface area contributed by atoms with E-state index in [0.29, 0.717) is 24.5 Å². The lowest BCUT2D eigenvalue weighted by Gasteiger charge is -2.14. The molecule has 0 amide bonds. The van der Waals surface area contributed by atoms with Crippen molar-refractivity contribution in [3.05, 3.63) is 15.8 Å². The van der Waals surface area contributed by atoms with Gasteiger partial charge in [-0.3, -0.25) is 5.41 Å². The van der Waals surface area contributed by atoms with Crippen LogP contribution in [0.4, 0.5) is 0 Å². The molecule has 1 unspecified atom stereocenters. The highest BCUT2D eigenvalue weighted by molar-refractivity contribution is 7.10. The molecule has 0 aliphatic heterocycles. The van der Waals surface area contributed by atoms with Gasteiger partial charge in [0.15, 0.2) is 6.10 Å². The summed E-state index contributed by atoms with van der Waals surface area (Å²) in [5.41, 5.74) is 0.644. The maximum absolute atomic E-state index is 9.97. The second-order valence-electron chi connectivity index (χ2n) is 3.20. The van der Waals surface area contributed by atoms with Gasteiger partial charge in [-0.25, -0.2) is 0 Å². The normalized spacial score (nSPS) is 12.2. The van der Waals surface area contributed by atoms with E-state index in [2.05, 4.69) is 0 Å². The van der Waals surface area contributed by atoms with Gasteiger partial charge in [-0.1, -0.05) is 0 Å². The van der Waals surface area contributed by atoms with Crippen LogP contribution in [-0.4, -0.2) is 24.2 Å². The molecule has 1 aromatic rings. The maximum atomic E-state index is 9.97. The molecule has 1 heterocycles. The first-order chi connectivity index (χ1) is 7.61. The number of thiophene rings is 1. The summed E-state index contributed by atoms with van der Waals surface area (Å²) in [6, 6.07) is 0. The molecular weight excluding hydrogens is 226 g/mol. The average Bonchev–Trinajstić information content (AvgIpc) is 2.60. The number of aliphatic hydroxyl groups excluding tert-OH is 1. The lowest BCUT2D eigenvalue weighted by Crippen LogP contribution is -2.15. The van der Waals surface area contributed by atoms with Crippen LogP contribution in [0.15, 0.2) is 5.38 Å². The summed E-state index contributed by atoms with van der Waals surface area (Å²) in [7, 11) is 0. The summed E-state index contributed by atoms with van der Waals surface area (Å²) in [6.07, 6.45) is -1.03. The van der Waals surface area contributed by atoms with Gasteiger partial charge in [0.05, 0.1) is 13.2 Å². The third-order valence-electron chi connectivity index (χ3n) is 2.11. The van der Waals surface area contributed by atoms with E-state index >= 15 is 0 Å². The summed E-state index contributed by atoms with van der Waals surface area (Å²) in [4.78, 5) is 0.945. The number of hydrogen-bond donors (Lipinski definition) is 2. The summed E-state index contributed by atoms with van der Waals surface area (Å²) < 4.78 is 10.4. The molecule has 1 aromatic heterocycles. The minimum Gasteiger partial charge on any atom is -0.493 e. The van der Waals surface area contributed by atoms with E-state index in [9.17, 15) is 5.11 Å². The van der Waals surface area contributed by atoms with E-state index in [-0.39, 0.29) is 5.90 Å². The highest BCUT2D eigenvalue weighted by Gasteiger charge is 2.23. The molecule has 1 atom stereocenters. The Morgan fingerprint density at radius 2 is 2.19 bits per heavy atom. The molecule has 0 aliphatic rings. The predicted octanol–water partition coefficient (Wildman–Crippen LogP) is 2.50. The average molecular weight is 243 g/mol. The Bertz CT molecular complexity index is 362. The van der Waals surface area contributed by atoms with Crippen molar-refractivity contribution in [2.45, 2.75) is 26.9 Å². The van der Waals surface area contributed by atoms with Crippen molar-refractivity contribution >= 4 is 17.2 Å². The maximum Gasteiger partial charge on any atom is 0.215 e. The Hall–Kier alpha value is -1.07. The Labute approximate surface area is 99.3 Å². The molecule has 0 radical (unpaired) electrons. The van der Waals surface area contributed by atoms with E-state index < -0.39 is 6.10 Å². The third kappa shape index (κ3) is 2.74. The van der Waals surface area contributed by atoms with Gasteiger partial charge in [-0.05, 0) is 20.8 Å². The zero-order chi connectivity index (χ0) is 12.1. The molecule has 0 saturated heterocycles. The molecule has 90 valence electrons. The lowest BCUT2D eigenvalue weighted by molar-refractivity contribution is 0.185. The van der Waals surface area contributed by atoms with E-state index in [4.69, 9.17) is 14.9 Å². The zero-order valence-corrected chi connectivity index (χ0v) is 10.6. The van der Waals surface area contributed by atoms with Gasteiger partial charge >= 0.3 is 0 Å². The number of nitrogens with one attached hydrogen (secondary N) is 1. The van der Waals surface area contributed by atoms with Crippen molar-refractivity contribution in [2.75, 3.05) is 13.2 Å². The van der Waals surface area contributed by atoms with Crippen molar-refractivity contribution < 1.29 is 14.6 Å². The predicted molar refractivity (Wildman–Crippen MR) is 64.5 cm³/mol. The quantitative estimate of drug-likeness (QED) is 0.617. The Morgan fingerprint density at radius 3 is 2.75 bits per heavy atom. The molecule has 1 rings (SSSR count). The molecule has 0 bridgehead atoms. The van der Waals surface area contributed by atoms with E-state index in [0.717, 1.165) is 4.88 Å². The zero-order valence-electron chi connectivity index (χ0n) is 9.74. The van der Waals surface area contributed by atoms with Crippen LogP contribution in [-0.2, 0) is 4.74 Å². The lowest BCUT2D eigenvalue weighted by atomic mass is 10.1. The Morgan fingerprint density at radius 1 is 1.50 bits per heavy atom. The molecule has 16 heavy (non-hydrogen) atoms. The van der Waals surface area contributed by atoms with Crippen molar-refractivity contribution in [1.82, 2.24) is 0 Å². The number of hydrogen-bond acceptors (Lipinski definition) is 5. The minimum absolute atomic E-state index is 0.134. The first kappa shape index (κ1) is 13.0. The molecule has 0 spiro atoms. The molecule has 0 aliphatic carbocycles. The SMILES string of the molecule is CCOC(=N)C(O)c1c(OCC)csc1C. The Kier molecular flexibility index (Phi) is 4.76. The van der Waals surface area contributed by atoms with E-state index in [1.54, 1.807) is 6.92 Å². The van der Waals surface area contributed by atoms with E-state index in [1.165, 1.54) is 11.3 Å². The fourth-order valence-electron chi connectivity index (χ4n) is 1.40. The molecule has 0 aromatic carbocycles. The minimum atomic E-state index is -1.03. The van der Waals surface area contributed by atoms with Crippen LogP contribution >= 0.6 is 11.3 Å². The van der Waals surface area contributed by atoms with Crippen LogP contribution in [0.25, 0.3) is 0 Å². The smallest absolute Gasteiger partial charge is 0.215 e. The van der Waals surface area contributed by atoms with Gasteiger partial charge in [0.1, 0.15) is 5.75 Å². The molecular formula is C11H17NO3S. The second kappa shape index (κ2) is 5.86. The summed E-state index contributed by atoms with van der Waals surface area (Å²) in [6.45, 7) is 6.48. The van der Waals surface area contributed by atoms with Crippen LogP contribution in [0.5, 0.6) is 5.75 Å².